The summed E-state index contributed by atoms with van der Waals surface area (Å²) in [4.78, 5) is 31.9. The lowest BCUT2D eigenvalue weighted by Gasteiger charge is -2.36. The van der Waals surface area contributed by atoms with Crippen molar-refractivity contribution < 1.29 is 14.3 Å². The summed E-state index contributed by atoms with van der Waals surface area (Å²) in [6, 6.07) is 9.95. The second-order valence-corrected chi connectivity index (χ2v) is 9.40. The molecule has 2 heterocycles. The summed E-state index contributed by atoms with van der Waals surface area (Å²) in [6.45, 7) is 1.06. The standard InChI is InChI=1S/C25H27N5O3/c26-11-13-33-21-7-3-6-16-19-14-30(12-8-20(19)28-22(16)21)24(32)18-5-2-1-4-17(18)23(31)29-25(15-27)9-10-25/h3,6-7,17-18,28H,1-2,4-5,8-10,12-14H2,(H,29,31). The van der Waals surface area contributed by atoms with E-state index in [1.54, 1.807) is 0 Å². The molecule has 8 heteroatoms. The fourth-order valence-corrected chi connectivity index (χ4v) is 5.32. The van der Waals surface area contributed by atoms with Gasteiger partial charge < -0.3 is 19.9 Å². The zero-order valence-electron chi connectivity index (χ0n) is 18.5. The minimum Gasteiger partial charge on any atom is -0.477 e. The normalized spacial score (nSPS) is 23.2. The molecular formula is C25H27N5O3. The van der Waals surface area contributed by atoms with Gasteiger partial charge in [0.05, 0.1) is 11.6 Å². The molecule has 170 valence electrons. The second kappa shape index (κ2) is 8.44. The average molecular weight is 446 g/mol. The summed E-state index contributed by atoms with van der Waals surface area (Å²) in [6.07, 6.45) is 5.35. The molecule has 1 aliphatic heterocycles. The Morgan fingerprint density at radius 2 is 2.00 bits per heavy atom. The molecule has 5 rings (SSSR count). The number of hydrogen-bond acceptors (Lipinski definition) is 5. The Balaban J connectivity index is 1.35. The van der Waals surface area contributed by atoms with Crippen LogP contribution in [-0.2, 0) is 22.6 Å². The number of para-hydroxylation sites is 1. The second-order valence-electron chi connectivity index (χ2n) is 9.40. The van der Waals surface area contributed by atoms with Crippen LogP contribution in [0.4, 0.5) is 0 Å². The van der Waals surface area contributed by atoms with Gasteiger partial charge in [-0.05, 0) is 31.7 Å². The zero-order chi connectivity index (χ0) is 23.0. The highest BCUT2D eigenvalue weighted by Gasteiger charge is 2.47. The molecule has 8 nitrogen and oxygen atoms in total. The zero-order valence-corrected chi connectivity index (χ0v) is 18.5. The number of H-pyrrole nitrogens is 1. The third-order valence-electron chi connectivity index (χ3n) is 7.32. The fraction of sp³-hybridized carbons (Fsp3) is 0.520. The Kier molecular flexibility index (Phi) is 5.46. The van der Waals surface area contributed by atoms with Crippen LogP contribution in [0.5, 0.6) is 5.75 Å². The maximum Gasteiger partial charge on any atom is 0.226 e. The third-order valence-corrected chi connectivity index (χ3v) is 7.32. The fourth-order valence-electron chi connectivity index (χ4n) is 5.32. The van der Waals surface area contributed by atoms with Crippen molar-refractivity contribution in [3.05, 3.63) is 29.5 Å². The monoisotopic (exact) mass is 445 g/mol. The minimum absolute atomic E-state index is 0.0222. The van der Waals surface area contributed by atoms with Gasteiger partial charge in [-0.2, -0.15) is 10.5 Å². The van der Waals surface area contributed by atoms with Crippen molar-refractivity contribution in [3.8, 4) is 17.9 Å². The van der Waals surface area contributed by atoms with E-state index in [1.165, 1.54) is 0 Å². The third kappa shape index (κ3) is 3.91. The molecule has 2 aliphatic carbocycles. The van der Waals surface area contributed by atoms with E-state index >= 15 is 0 Å². The van der Waals surface area contributed by atoms with E-state index in [0.717, 1.165) is 35.0 Å². The molecule has 2 amide bonds. The number of carbonyl (C=O) groups excluding carboxylic acids is 2. The van der Waals surface area contributed by atoms with Crippen molar-refractivity contribution in [2.45, 2.75) is 57.0 Å². The molecule has 1 aromatic heterocycles. The number of carbonyl (C=O) groups is 2. The number of ether oxygens (including phenoxy) is 1. The molecule has 0 bridgehead atoms. The van der Waals surface area contributed by atoms with Gasteiger partial charge >= 0.3 is 0 Å². The molecule has 0 saturated heterocycles. The summed E-state index contributed by atoms with van der Waals surface area (Å²) < 4.78 is 5.57. The van der Waals surface area contributed by atoms with Gasteiger partial charge in [0, 0.05) is 48.0 Å². The Morgan fingerprint density at radius 3 is 2.73 bits per heavy atom. The summed E-state index contributed by atoms with van der Waals surface area (Å²) in [7, 11) is 0. The van der Waals surface area contributed by atoms with Crippen molar-refractivity contribution in [1.82, 2.24) is 15.2 Å². The van der Waals surface area contributed by atoms with Crippen LogP contribution in [0.3, 0.4) is 0 Å². The summed E-state index contributed by atoms with van der Waals surface area (Å²) in [5, 5.41) is 22.1. The maximum atomic E-state index is 13.6. The van der Waals surface area contributed by atoms with Crippen molar-refractivity contribution in [1.29, 1.82) is 10.5 Å². The van der Waals surface area contributed by atoms with Gasteiger partial charge in [0.1, 0.15) is 17.4 Å². The lowest BCUT2D eigenvalue weighted by atomic mass is 9.77. The first-order valence-electron chi connectivity index (χ1n) is 11.7. The van der Waals surface area contributed by atoms with E-state index in [9.17, 15) is 14.9 Å². The molecule has 2 N–H and O–H groups in total. The number of nitrogens with one attached hydrogen (secondary N) is 2. The molecular weight excluding hydrogens is 418 g/mol. The van der Waals surface area contributed by atoms with Crippen LogP contribution >= 0.6 is 0 Å². The van der Waals surface area contributed by atoms with Crippen molar-refractivity contribution in [2.75, 3.05) is 13.2 Å². The largest absolute Gasteiger partial charge is 0.477 e. The van der Waals surface area contributed by atoms with Crippen LogP contribution in [0.25, 0.3) is 10.9 Å². The minimum atomic E-state index is -0.711. The molecule has 1 aromatic carbocycles. The first kappa shape index (κ1) is 21.3. The summed E-state index contributed by atoms with van der Waals surface area (Å²) in [5.41, 5.74) is 2.31. The van der Waals surface area contributed by atoms with Gasteiger partial charge in [-0.15, -0.1) is 0 Å². The molecule has 2 aromatic rings. The van der Waals surface area contributed by atoms with Gasteiger partial charge in [-0.25, -0.2) is 0 Å². The Hall–Kier alpha value is -3.52. The average Bonchev–Trinajstić information content (AvgIpc) is 3.52. The molecule has 3 aliphatic rings. The molecule has 2 atom stereocenters. The van der Waals surface area contributed by atoms with Gasteiger partial charge in [-0.3, -0.25) is 9.59 Å². The number of aromatic amines is 1. The van der Waals surface area contributed by atoms with Crippen LogP contribution < -0.4 is 10.1 Å². The maximum absolute atomic E-state index is 13.6. The first-order valence-corrected chi connectivity index (χ1v) is 11.7. The van der Waals surface area contributed by atoms with Crippen molar-refractivity contribution in [3.63, 3.8) is 0 Å². The quantitative estimate of drug-likeness (QED) is 0.733. The predicted molar refractivity (Wildman–Crippen MR) is 120 cm³/mol. The predicted octanol–water partition coefficient (Wildman–Crippen LogP) is 2.93. The lowest BCUT2D eigenvalue weighted by molar-refractivity contribution is -0.144. The molecule has 0 radical (unpaired) electrons. The number of amides is 2. The number of fused-ring (bicyclic) bond motifs is 3. The number of nitrogens with zero attached hydrogens (tertiary/aromatic N) is 3. The van der Waals surface area contributed by atoms with Crippen LogP contribution in [0.15, 0.2) is 18.2 Å². The summed E-state index contributed by atoms with van der Waals surface area (Å²) >= 11 is 0. The number of benzene rings is 1. The highest BCUT2D eigenvalue weighted by Crippen LogP contribution is 2.39. The Bertz CT molecular complexity index is 1180. The SMILES string of the molecule is N#CCOc1cccc2c3c([nH]c12)CCN(C(=O)C1CCCCC1C(=O)NC1(C#N)CC1)C3. The molecule has 0 spiro atoms. The van der Waals surface area contributed by atoms with Crippen LogP contribution in [-0.4, -0.2) is 40.4 Å². The van der Waals surface area contributed by atoms with Crippen LogP contribution in [0.2, 0.25) is 0 Å². The lowest BCUT2D eigenvalue weighted by Crippen LogP contribution is -2.48. The van der Waals surface area contributed by atoms with Crippen LogP contribution in [0.1, 0.15) is 49.8 Å². The number of aromatic nitrogens is 1. The van der Waals surface area contributed by atoms with E-state index in [4.69, 9.17) is 10.00 Å². The van der Waals surface area contributed by atoms with Crippen molar-refractivity contribution in [2.24, 2.45) is 11.8 Å². The van der Waals surface area contributed by atoms with E-state index in [-0.39, 0.29) is 30.3 Å². The van der Waals surface area contributed by atoms with Gasteiger partial charge in [-0.1, -0.05) is 25.0 Å². The van der Waals surface area contributed by atoms with E-state index < -0.39 is 5.54 Å². The highest BCUT2D eigenvalue weighted by molar-refractivity contribution is 5.92. The molecule has 2 saturated carbocycles. The summed E-state index contributed by atoms with van der Waals surface area (Å²) in [5.74, 6) is -0.177. The number of rotatable bonds is 5. The van der Waals surface area contributed by atoms with Gasteiger partial charge in [0.15, 0.2) is 6.61 Å². The van der Waals surface area contributed by atoms with Gasteiger partial charge in [0.2, 0.25) is 11.8 Å². The van der Waals surface area contributed by atoms with E-state index in [0.29, 0.717) is 50.9 Å². The van der Waals surface area contributed by atoms with E-state index in [1.807, 2.05) is 29.2 Å². The Morgan fingerprint density at radius 1 is 1.21 bits per heavy atom. The van der Waals surface area contributed by atoms with Crippen molar-refractivity contribution >= 4 is 22.7 Å². The van der Waals surface area contributed by atoms with E-state index in [2.05, 4.69) is 16.4 Å². The van der Waals surface area contributed by atoms with Crippen LogP contribution in [0, 0.1) is 34.5 Å². The number of nitriles is 2. The molecule has 2 unspecified atom stereocenters. The Labute approximate surface area is 192 Å². The topological polar surface area (TPSA) is 122 Å². The van der Waals surface area contributed by atoms with Gasteiger partial charge in [0.25, 0.3) is 0 Å². The first-order chi connectivity index (χ1) is 16.0. The molecule has 2 fully saturated rings. The number of hydrogen-bond donors (Lipinski definition) is 2. The molecule has 33 heavy (non-hydrogen) atoms. The highest BCUT2D eigenvalue weighted by atomic mass is 16.5. The smallest absolute Gasteiger partial charge is 0.226 e.